The summed E-state index contributed by atoms with van der Waals surface area (Å²) >= 11 is 0. The molecule has 0 aliphatic carbocycles. The molecule has 0 spiro atoms. The topological polar surface area (TPSA) is 43.1 Å². The standard InChI is InChI=1S/C15H10F3NO2S/c16-15(17,18)11-3-1-2-10(8-11)9-22(20)14-12-5-7-21-13(12)4-6-19-14/h1-8H,9H2. The Labute approximate surface area is 126 Å². The minimum Gasteiger partial charge on any atom is -0.464 e. The summed E-state index contributed by atoms with van der Waals surface area (Å²) in [4.78, 5) is 4.06. The maximum atomic E-state index is 12.7. The third kappa shape index (κ3) is 2.89. The molecule has 7 heteroatoms. The molecule has 2 heterocycles. The lowest BCUT2D eigenvalue weighted by molar-refractivity contribution is -0.137. The van der Waals surface area contributed by atoms with Crippen LogP contribution in [-0.2, 0) is 22.7 Å². The summed E-state index contributed by atoms with van der Waals surface area (Å²) in [5.41, 5.74) is 0.134. The van der Waals surface area contributed by atoms with E-state index in [-0.39, 0.29) is 5.75 Å². The molecule has 0 N–H and O–H groups in total. The lowest BCUT2D eigenvalue weighted by atomic mass is 10.1. The lowest BCUT2D eigenvalue weighted by Crippen LogP contribution is -2.06. The molecule has 1 unspecified atom stereocenters. The van der Waals surface area contributed by atoms with E-state index in [4.69, 9.17) is 4.42 Å². The van der Waals surface area contributed by atoms with E-state index in [1.807, 2.05) is 0 Å². The molecule has 2 aromatic heterocycles. The van der Waals surface area contributed by atoms with Gasteiger partial charge in [-0.05, 0) is 23.8 Å². The van der Waals surface area contributed by atoms with Crippen LogP contribution in [0.2, 0.25) is 0 Å². The van der Waals surface area contributed by atoms with Gasteiger partial charge in [-0.3, -0.25) is 4.21 Å². The minimum atomic E-state index is -4.42. The molecule has 3 nitrogen and oxygen atoms in total. The van der Waals surface area contributed by atoms with Crippen molar-refractivity contribution in [3.63, 3.8) is 0 Å². The Kier molecular flexibility index (Phi) is 3.74. The molecule has 0 radical (unpaired) electrons. The monoisotopic (exact) mass is 325 g/mol. The first-order valence-corrected chi connectivity index (χ1v) is 7.64. The Morgan fingerprint density at radius 2 is 2.00 bits per heavy atom. The Hall–Kier alpha value is -2.15. The van der Waals surface area contributed by atoms with Gasteiger partial charge in [-0.15, -0.1) is 0 Å². The first kappa shape index (κ1) is 14.8. The van der Waals surface area contributed by atoms with Gasteiger partial charge >= 0.3 is 6.18 Å². The van der Waals surface area contributed by atoms with E-state index < -0.39 is 22.5 Å². The van der Waals surface area contributed by atoms with E-state index in [0.29, 0.717) is 21.6 Å². The summed E-state index contributed by atoms with van der Waals surface area (Å²) in [6.45, 7) is 0. The molecule has 0 saturated carbocycles. The van der Waals surface area contributed by atoms with Gasteiger partial charge < -0.3 is 4.42 Å². The van der Waals surface area contributed by atoms with Gasteiger partial charge in [-0.25, -0.2) is 4.98 Å². The van der Waals surface area contributed by atoms with Crippen LogP contribution in [0.1, 0.15) is 11.1 Å². The third-order valence-corrected chi connectivity index (χ3v) is 4.46. The molecule has 1 atom stereocenters. The first-order chi connectivity index (χ1) is 10.4. The van der Waals surface area contributed by atoms with Crippen LogP contribution in [0.3, 0.4) is 0 Å². The van der Waals surface area contributed by atoms with Crippen LogP contribution in [0.4, 0.5) is 13.2 Å². The van der Waals surface area contributed by atoms with Gasteiger partial charge in [0.15, 0.2) is 0 Å². The van der Waals surface area contributed by atoms with Gasteiger partial charge in [-0.1, -0.05) is 18.2 Å². The molecule has 0 saturated heterocycles. The zero-order valence-corrected chi connectivity index (χ0v) is 11.9. The smallest absolute Gasteiger partial charge is 0.416 e. The maximum absolute atomic E-state index is 12.7. The van der Waals surface area contributed by atoms with E-state index >= 15 is 0 Å². The molecule has 114 valence electrons. The molecule has 0 aliphatic rings. The number of pyridine rings is 1. The highest BCUT2D eigenvalue weighted by molar-refractivity contribution is 7.84. The SMILES string of the molecule is O=S(Cc1cccc(C(F)(F)F)c1)c1nccc2occc12. The van der Waals surface area contributed by atoms with Gasteiger partial charge in [0, 0.05) is 6.20 Å². The summed E-state index contributed by atoms with van der Waals surface area (Å²) < 4.78 is 55.7. The Bertz CT molecular complexity index is 842. The van der Waals surface area contributed by atoms with E-state index in [9.17, 15) is 17.4 Å². The fourth-order valence-corrected chi connectivity index (χ4v) is 3.32. The van der Waals surface area contributed by atoms with Crippen molar-refractivity contribution in [2.45, 2.75) is 17.0 Å². The van der Waals surface area contributed by atoms with Crippen molar-refractivity contribution < 1.29 is 21.8 Å². The number of alkyl halides is 3. The van der Waals surface area contributed by atoms with Gasteiger partial charge in [0.2, 0.25) is 0 Å². The van der Waals surface area contributed by atoms with Crippen LogP contribution in [-0.4, -0.2) is 9.19 Å². The number of nitrogens with zero attached hydrogens (tertiary/aromatic N) is 1. The number of furan rings is 1. The maximum Gasteiger partial charge on any atom is 0.416 e. The second-order valence-corrected chi connectivity index (χ2v) is 6.00. The highest BCUT2D eigenvalue weighted by Crippen LogP contribution is 2.30. The molecule has 0 bridgehead atoms. The van der Waals surface area contributed by atoms with Crippen LogP contribution >= 0.6 is 0 Å². The highest BCUT2D eigenvalue weighted by atomic mass is 32.2. The molecule has 3 rings (SSSR count). The predicted octanol–water partition coefficient (Wildman–Crippen LogP) is 4.15. The Morgan fingerprint density at radius 1 is 1.18 bits per heavy atom. The third-order valence-electron chi connectivity index (χ3n) is 3.11. The first-order valence-electron chi connectivity index (χ1n) is 6.32. The summed E-state index contributed by atoms with van der Waals surface area (Å²) in [5.74, 6) is -0.0405. The number of halogens is 3. The average Bonchev–Trinajstić information content (AvgIpc) is 2.94. The number of aromatic nitrogens is 1. The fraction of sp³-hybridized carbons (Fsp3) is 0.133. The number of benzene rings is 1. The van der Waals surface area contributed by atoms with Crippen molar-refractivity contribution in [1.82, 2.24) is 4.98 Å². The Morgan fingerprint density at radius 3 is 2.77 bits per heavy atom. The van der Waals surface area contributed by atoms with Crippen molar-refractivity contribution in [1.29, 1.82) is 0 Å². The molecule has 1 aromatic carbocycles. The molecule has 0 fully saturated rings. The van der Waals surface area contributed by atoms with E-state index in [0.717, 1.165) is 12.1 Å². The molecule has 3 aromatic rings. The predicted molar refractivity (Wildman–Crippen MR) is 75.6 cm³/mol. The summed E-state index contributed by atoms with van der Waals surface area (Å²) in [7, 11) is -1.56. The number of rotatable bonds is 3. The highest BCUT2D eigenvalue weighted by Gasteiger charge is 2.30. The number of hydrogen-bond donors (Lipinski definition) is 0. The zero-order valence-electron chi connectivity index (χ0n) is 11.1. The van der Waals surface area contributed by atoms with Gasteiger partial charge in [-0.2, -0.15) is 13.2 Å². The quantitative estimate of drug-likeness (QED) is 0.726. The molecule has 0 aliphatic heterocycles. The summed E-state index contributed by atoms with van der Waals surface area (Å²) in [5, 5.41) is 0.913. The van der Waals surface area contributed by atoms with Crippen LogP contribution in [0.15, 0.2) is 58.3 Å². The normalized spacial score (nSPS) is 13.4. The van der Waals surface area contributed by atoms with Crippen molar-refractivity contribution >= 4 is 21.8 Å². The Balaban J connectivity index is 1.90. The molecule has 0 amide bonds. The van der Waals surface area contributed by atoms with Crippen LogP contribution in [0.5, 0.6) is 0 Å². The largest absolute Gasteiger partial charge is 0.464 e. The van der Waals surface area contributed by atoms with E-state index in [1.165, 1.54) is 24.6 Å². The van der Waals surface area contributed by atoms with Gasteiger partial charge in [0.05, 0.1) is 33.8 Å². The summed E-state index contributed by atoms with van der Waals surface area (Å²) in [6, 6.07) is 8.10. The zero-order chi connectivity index (χ0) is 15.7. The molecular weight excluding hydrogens is 315 g/mol. The van der Waals surface area contributed by atoms with Crippen molar-refractivity contribution in [3.05, 3.63) is 60.0 Å². The number of fused-ring (bicyclic) bond motifs is 1. The van der Waals surface area contributed by atoms with Gasteiger partial charge in [0.25, 0.3) is 0 Å². The van der Waals surface area contributed by atoms with Crippen molar-refractivity contribution in [2.24, 2.45) is 0 Å². The van der Waals surface area contributed by atoms with Crippen LogP contribution in [0, 0.1) is 0 Å². The molecular formula is C15H10F3NO2S. The van der Waals surface area contributed by atoms with Crippen molar-refractivity contribution in [2.75, 3.05) is 0 Å². The summed E-state index contributed by atoms with van der Waals surface area (Å²) in [6.07, 6.45) is -1.50. The van der Waals surface area contributed by atoms with Crippen LogP contribution in [0.25, 0.3) is 11.0 Å². The van der Waals surface area contributed by atoms with E-state index in [1.54, 1.807) is 12.1 Å². The lowest BCUT2D eigenvalue weighted by Gasteiger charge is -2.08. The van der Waals surface area contributed by atoms with Gasteiger partial charge in [0.1, 0.15) is 10.6 Å². The van der Waals surface area contributed by atoms with Crippen LogP contribution < -0.4 is 0 Å². The second-order valence-electron chi connectivity index (χ2n) is 4.64. The molecule has 22 heavy (non-hydrogen) atoms. The second kappa shape index (κ2) is 5.57. The fourth-order valence-electron chi connectivity index (χ4n) is 2.11. The van der Waals surface area contributed by atoms with E-state index in [2.05, 4.69) is 4.98 Å². The average molecular weight is 325 g/mol. The van der Waals surface area contributed by atoms with Crippen molar-refractivity contribution in [3.8, 4) is 0 Å². The minimum absolute atomic E-state index is 0.0405. The number of hydrogen-bond acceptors (Lipinski definition) is 3.